The molecule has 3 heteroatoms. The molecule has 76 valence electrons. The van der Waals surface area contributed by atoms with Crippen molar-refractivity contribution < 1.29 is 0 Å². The number of nitrogens with one attached hydrogen (secondary N) is 1. The van der Waals surface area contributed by atoms with Crippen LogP contribution in [0.25, 0.3) is 0 Å². The van der Waals surface area contributed by atoms with Gasteiger partial charge in [0.05, 0.1) is 11.7 Å². The first-order valence-corrected chi connectivity index (χ1v) is 4.61. The minimum absolute atomic E-state index is 0.0615. The largest absolute Gasteiger partial charge is 0.271 e. The van der Waals surface area contributed by atoms with Crippen molar-refractivity contribution in [3.8, 4) is 0 Å². The predicted molar refractivity (Wildman–Crippen MR) is 58.6 cm³/mol. The molecule has 0 aliphatic rings. The molecule has 0 saturated carbocycles. The Morgan fingerprint density at radius 1 is 1.50 bits per heavy atom. The third kappa shape index (κ3) is 2.40. The Hall–Kier alpha value is -1.19. The minimum atomic E-state index is -0.0615. The van der Waals surface area contributed by atoms with Gasteiger partial charge in [0.15, 0.2) is 0 Å². The maximum atomic E-state index is 5.46. The molecule has 3 N–H and O–H groups in total. The van der Waals surface area contributed by atoms with Crippen LogP contribution < -0.4 is 11.3 Å². The fourth-order valence-corrected chi connectivity index (χ4v) is 1.50. The number of aryl methyl sites for hydroxylation is 2. The van der Waals surface area contributed by atoms with E-state index in [9.17, 15) is 0 Å². The van der Waals surface area contributed by atoms with E-state index >= 15 is 0 Å². The molecular formula is C11H17N3. The monoisotopic (exact) mass is 191 g/mol. The van der Waals surface area contributed by atoms with Gasteiger partial charge in [-0.05, 0) is 38.5 Å². The number of nitrogens with zero attached hydrogens (tertiary/aromatic N) is 1. The van der Waals surface area contributed by atoms with E-state index < -0.39 is 0 Å². The van der Waals surface area contributed by atoms with Crippen molar-refractivity contribution >= 4 is 0 Å². The number of nitrogens with two attached hydrogens (primary N) is 1. The van der Waals surface area contributed by atoms with E-state index in [0.29, 0.717) is 0 Å². The first-order valence-electron chi connectivity index (χ1n) is 4.61. The lowest BCUT2D eigenvalue weighted by Gasteiger charge is -2.16. The molecule has 0 radical (unpaired) electrons. The van der Waals surface area contributed by atoms with E-state index in [-0.39, 0.29) is 6.04 Å². The average molecular weight is 191 g/mol. The standard InChI is InChI=1S/C11H17N3/c1-7(2)11(14-12)10-6-8(3)5-9(4)13-10/h5-6,11,14H,1,12H2,2-4H3. The zero-order chi connectivity index (χ0) is 10.7. The number of pyridine rings is 1. The lowest BCUT2D eigenvalue weighted by molar-refractivity contribution is 0.609. The number of aromatic nitrogens is 1. The molecule has 0 aliphatic carbocycles. The van der Waals surface area contributed by atoms with E-state index in [1.807, 2.05) is 32.9 Å². The summed E-state index contributed by atoms with van der Waals surface area (Å²) in [6.45, 7) is 9.83. The van der Waals surface area contributed by atoms with Crippen LogP contribution in [0.3, 0.4) is 0 Å². The molecule has 1 atom stereocenters. The van der Waals surface area contributed by atoms with Gasteiger partial charge in [-0.2, -0.15) is 0 Å². The first-order chi connectivity index (χ1) is 6.54. The van der Waals surface area contributed by atoms with Crippen LogP contribution in [-0.2, 0) is 0 Å². The highest BCUT2D eigenvalue weighted by Gasteiger charge is 2.11. The highest BCUT2D eigenvalue weighted by molar-refractivity contribution is 5.25. The maximum absolute atomic E-state index is 5.46. The van der Waals surface area contributed by atoms with Gasteiger partial charge in [-0.3, -0.25) is 10.8 Å². The summed E-state index contributed by atoms with van der Waals surface area (Å²) in [6, 6.07) is 4.00. The van der Waals surface area contributed by atoms with Gasteiger partial charge >= 0.3 is 0 Å². The van der Waals surface area contributed by atoms with Crippen LogP contribution in [0.15, 0.2) is 24.3 Å². The molecule has 1 aromatic heterocycles. The number of rotatable bonds is 3. The Bertz CT molecular complexity index is 324. The summed E-state index contributed by atoms with van der Waals surface area (Å²) < 4.78 is 0. The van der Waals surface area contributed by atoms with Crippen molar-refractivity contribution in [1.29, 1.82) is 0 Å². The summed E-state index contributed by atoms with van der Waals surface area (Å²) in [6.07, 6.45) is 0. The van der Waals surface area contributed by atoms with E-state index in [1.54, 1.807) is 0 Å². The van der Waals surface area contributed by atoms with Crippen LogP contribution in [0.4, 0.5) is 0 Å². The molecule has 0 amide bonds. The summed E-state index contributed by atoms with van der Waals surface area (Å²) in [7, 11) is 0. The first kappa shape index (κ1) is 10.9. The average Bonchev–Trinajstić information content (AvgIpc) is 2.02. The Kier molecular flexibility index (Phi) is 3.38. The summed E-state index contributed by atoms with van der Waals surface area (Å²) in [5.41, 5.74) is 6.79. The molecule has 1 unspecified atom stereocenters. The lowest BCUT2D eigenvalue weighted by Crippen LogP contribution is -2.29. The fraction of sp³-hybridized carbons (Fsp3) is 0.364. The second-order valence-electron chi connectivity index (χ2n) is 3.66. The van der Waals surface area contributed by atoms with Crippen molar-refractivity contribution in [2.24, 2.45) is 5.84 Å². The van der Waals surface area contributed by atoms with Crippen LogP contribution in [0, 0.1) is 13.8 Å². The van der Waals surface area contributed by atoms with Crippen LogP contribution in [0.5, 0.6) is 0 Å². The van der Waals surface area contributed by atoms with Gasteiger partial charge in [-0.15, -0.1) is 0 Å². The van der Waals surface area contributed by atoms with Gasteiger partial charge in [-0.1, -0.05) is 12.2 Å². The zero-order valence-electron chi connectivity index (χ0n) is 8.96. The van der Waals surface area contributed by atoms with E-state index in [1.165, 1.54) is 5.56 Å². The molecule has 0 spiro atoms. The van der Waals surface area contributed by atoms with Gasteiger partial charge in [0.2, 0.25) is 0 Å². The third-order valence-corrected chi connectivity index (χ3v) is 2.07. The quantitative estimate of drug-likeness (QED) is 0.435. The predicted octanol–water partition coefficient (Wildman–Crippen LogP) is 1.78. The van der Waals surface area contributed by atoms with Crippen molar-refractivity contribution in [3.63, 3.8) is 0 Å². The fourth-order valence-electron chi connectivity index (χ4n) is 1.50. The molecule has 14 heavy (non-hydrogen) atoms. The van der Waals surface area contributed by atoms with Gasteiger partial charge in [0, 0.05) is 5.69 Å². The number of hydrogen-bond donors (Lipinski definition) is 2. The summed E-state index contributed by atoms with van der Waals surface area (Å²) in [4.78, 5) is 4.42. The smallest absolute Gasteiger partial charge is 0.0836 e. The van der Waals surface area contributed by atoms with Gasteiger partial charge in [0.25, 0.3) is 0 Å². The summed E-state index contributed by atoms with van der Waals surface area (Å²) >= 11 is 0. The zero-order valence-corrected chi connectivity index (χ0v) is 8.96. The minimum Gasteiger partial charge on any atom is -0.271 e. The normalized spacial score (nSPS) is 12.6. The van der Waals surface area contributed by atoms with Crippen LogP contribution in [0.1, 0.15) is 29.9 Å². The molecule has 1 aromatic rings. The topological polar surface area (TPSA) is 50.9 Å². The van der Waals surface area contributed by atoms with E-state index in [0.717, 1.165) is 17.0 Å². The molecule has 0 aliphatic heterocycles. The molecule has 1 rings (SSSR count). The lowest BCUT2D eigenvalue weighted by atomic mass is 10.1. The second-order valence-corrected chi connectivity index (χ2v) is 3.66. The molecule has 3 nitrogen and oxygen atoms in total. The molecular weight excluding hydrogens is 174 g/mol. The van der Waals surface area contributed by atoms with Crippen molar-refractivity contribution in [2.75, 3.05) is 0 Å². The Labute approximate surface area is 85.0 Å². The van der Waals surface area contributed by atoms with E-state index in [2.05, 4.69) is 17.0 Å². The van der Waals surface area contributed by atoms with Crippen LogP contribution in [-0.4, -0.2) is 4.98 Å². The van der Waals surface area contributed by atoms with Crippen LogP contribution in [0.2, 0.25) is 0 Å². The molecule has 0 bridgehead atoms. The molecule has 0 aromatic carbocycles. The summed E-state index contributed by atoms with van der Waals surface area (Å²) in [5, 5.41) is 0. The number of hydrogen-bond acceptors (Lipinski definition) is 3. The van der Waals surface area contributed by atoms with Gasteiger partial charge < -0.3 is 0 Å². The van der Waals surface area contributed by atoms with Crippen molar-refractivity contribution in [2.45, 2.75) is 26.8 Å². The highest BCUT2D eigenvalue weighted by atomic mass is 15.2. The van der Waals surface area contributed by atoms with Crippen LogP contribution >= 0.6 is 0 Å². The SMILES string of the molecule is C=C(C)C(NN)c1cc(C)cc(C)n1. The van der Waals surface area contributed by atoms with E-state index in [4.69, 9.17) is 5.84 Å². The van der Waals surface area contributed by atoms with Gasteiger partial charge in [0.1, 0.15) is 0 Å². The van der Waals surface area contributed by atoms with Crippen molar-refractivity contribution in [3.05, 3.63) is 41.2 Å². The Balaban J connectivity index is 3.10. The highest BCUT2D eigenvalue weighted by Crippen LogP contribution is 2.18. The molecule has 0 saturated heterocycles. The second kappa shape index (κ2) is 4.35. The molecule has 1 heterocycles. The Morgan fingerprint density at radius 2 is 2.14 bits per heavy atom. The number of hydrazine groups is 1. The Morgan fingerprint density at radius 3 is 2.57 bits per heavy atom. The van der Waals surface area contributed by atoms with Gasteiger partial charge in [-0.25, -0.2) is 5.43 Å². The maximum Gasteiger partial charge on any atom is 0.0836 e. The molecule has 0 fully saturated rings. The summed E-state index contributed by atoms with van der Waals surface area (Å²) in [5.74, 6) is 5.46. The third-order valence-electron chi connectivity index (χ3n) is 2.07. The van der Waals surface area contributed by atoms with Crippen molar-refractivity contribution in [1.82, 2.24) is 10.4 Å².